The van der Waals surface area contributed by atoms with E-state index in [9.17, 15) is 8.42 Å². The third-order valence-electron chi connectivity index (χ3n) is 2.84. The summed E-state index contributed by atoms with van der Waals surface area (Å²) in [5.74, 6) is 0.472. The van der Waals surface area contributed by atoms with Crippen LogP contribution in [0.3, 0.4) is 0 Å². The predicted molar refractivity (Wildman–Crippen MR) is 81.3 cm³/mol. The van der Waals surface area contributed by atoms with Crippen molar-refractivity contribution in [2.24, 2.45) is 5.92 Å². The Morgan fingerprint density at radius 3 is 2.44 bits per heavy atom. The van der Waals surface area contributed by atoms with Gasteiger partial charge in [0, 0.05) is 11.4 Å². The van der Waals surface area contributed by atoms with Gasteiger partial charge in [0.1, 0.15) is 4.21 Å². The van der Waals surface area contributed by atoms with Crippen LogP contribution in [0.1, 0.15) is 26.7 Å². The second-order valence-electron chi connectivity index (χ2n) is 4.00. The maximum Gasteiger partial charge on any atom is 0.250 e. The van der Waals surface area contributed by atoms with E-state index in [1.807, 2.05) is 0 Å². The number of sulfonamides is 1. The molecule has 104 valence electrons. The molecule has 3 nitrogen and oxygen atoms in total. The second-order valence-corrected chi connectivity index (χ2v) is 8.89. The first-order chi connectivity index (χ1) is 8.40. The van der Waals surface area contributed by atoms with Crippen LogP contribution in [-0.4, -0.2) is 19.8 Å². The molecule has 0 bridgehead atoms. The van der Waals surface area contributed by atoms with Crippen molar-refractivity contribution < 1.29 is 8.42 Å². The first-order valence-electron chi connectivity index (χ1n) is 5.79. The van der Waals surface area contributed by atoms with E-state index >= 15 is 0 Å². The van der Waals surface area contributed by atoms with Gasteiger partial charge in [-0.1, -0.05) is 54.2 Å². The quantitative estimate of drug-likeness (QED) is 0.736. The lowest BCUT2D eigenvalue weighted by atomic mass is 10.00. The Morgan fingerprint density at radius 1 is 1.39 bits per heavy atom. The van der Waals surface area contributed by atoms with Gasteiger partial charge >= 0.3 is 0 Å². The summed E-state index contributed by atoms with van der Waals surface area (Å²) in [5, 5.41) is 0. The van der Waals surface area contributed by atoms with E-state index in [0.29, 0.717) is 16.8 Å². The summed E-state index contributed by atoms with van der Waals surface area (Å²) in [5.41, 5.74) is 0. The number of alkyl halides is 1. The van der Waals surface area contributed by atoms with Gasteiger partial charge in [-0.2, -0.15) is 0 Å². The summed E-state index contributed by atoms with van der Waals surface area (Å²) < 4.78 is 27.3. The normalized spacial score (nSPS) is 14.1. The molecule has 0 aromatic carbocycles. The van der Waals surface area contributed by atoms with E-state index < -0.39 is 10.0 Å². The number of halogens is 2. The van der Waals surface area contributed by atoms with Gasteiger partial charge in [-0.25, -0.2) is 13.1 Å². The zero-order valence-electron chi connectivity index (χ0n) is 10.3. The molecule has 1 aromatic heterocycles. The van der Waals surface area contributed by atoms with Crippen molar-refractivity contribution in [1.29, 1.82) is 0 Å². The smallest absolute Gasteiger partial charge is 0.209 e. The molecule has 0 saturated heterocycles. The van der Waals surface area contributed by atoms with Crippen molar-refractivity contribution in [3.63, 3.8) is 0 Å². The van der Waals surface area contributed by atoms with Crippen LogP contribution in [0.25, 0.3) is 0 Å². The maximum atomic E-state index is 12.0. The molecule has 18 heavy (non-hydrogen) atoms. The topological polar surface area (TPSA) is 46.2 Å². The molecule has 1 unspecified atom stereocenters. The van der Waals surface area contributed by atoms with Gasteiger partial charge in [-0.05, 0) is 18.1 Å². The van der Waals surface area contributed by atoms with E-state index in [1.54, 1.807) is 6.07 Å². The molecule has 0 spiro atoms. The van der Waals surface area contributed by atoms with Gasteiger partial charge < -0.3 is 0 Å². The number of rotatable bonds is 7. The van der Waals surface area contributed by atoms with E-state index in [2.05, 4.69) is 34.5 Å². The Morgan fingerprint density at radius 2 is 2.00 bits per heavy atom. The van der Waals surface area contributed by atoms with Crippen molar-refractivity contribution in [2.45, 2.75) is 35.7 Å². The molecule has 0 aliphatic heterocycles. The molecule has 0 aliphatic rings. The van der Waals surface area contributed by atoms with Crippen molar-refractivity contribution in [3.8, 4) is 0 Å². The van der Waals surface area contributed by atoms with Crippen molar-refractivity contribution in [3.05, 3.63) is 16.5 Å². The third-order valence-corrected chi connectivity index (χ3v) is 7.06. The van der Waals surface area contributed by atoms with Crippen molar-refractivity contribution >= 4 is 48.9 Å². The average Bonchev–Trinajstić information content (AvgIpc) is 2.76. The summed E-state index contributed by atoms with van der Waals surface area (Å²) in [4.78, 5) is 0.151. The monoisotopic (exact) mass is 373 g/mol. The van der Waals surface area contributed by atoms with Crippen LogP contribution in [0.5, 0.6) is 0 Å². The van der Waals surface area contributed by atoms with Gasteiger partial charge in [0.15, 0.2) is 0 Å². The highest BCUT2D eigenvalue weighted by Gasteiger charge is 2.21. The SMILES string of the molecule is CCC(CC)C(Br)CNS(=O)(=O)c1ccc(Cl)s1. The number of thiophene rings is 1. The Bertz CT molecular complexity index is 471. The lowest BCUT2D eigenvalue weighted by Crippen LogP contribution is -2.32. The summed E-state index contributed by atoms with van der Waals surface area (Å²) in [6, 6.07) is 3.11. The molecule has 1 atom stereocenters. The van der Waals surface area contributed by atoms with Gasteiger partial charge in [0.25, 0.3) is 0 Å². The van der Waals surface area contributed by atoms with Crippen LogP contribution in [0, 0.1) is 5.92 Å². The fourth-order valence-electron chi connectivity index (χ4n) is 1.67. The Balaban J connectivity index is 2.62. The fraction of sp³-hybridized carbons (Fsp3) is 0.636. The Hall–Kier alpha value is 0.380. The van der Waals surface area contributed by atoms with Gasteiger partial charge in [-0.15, -0.1) is 11.3 Å². The van der Waals surface area contributed by atoms with Crippen LogP contribution in [0.2, 0.25) is 4.34 Å². The van der Waals surface area contributed by atoms with Crippen LogP contribution >= 0.6 is 38.9 Å². The van der Waals surface area contributed by atoms with E-state index in [1.165, 1.54) is 6.07 Å². The highest BCUT2D eigenvalue weighted by atomic mass is 79.9. The van der Waals surface area contributed by atoms with Crippen molar-refractivity contribution in [1.82, 2.24) is 4.72 Å². The van der Waals surface area contributed by atoms with Crippen LogP contribution in [-0.2, 0) is 10.0 Å². The summed E-state index contributed by atoms with van der Waals surface area (Å²) >= 11 is 10.4. The van der Waals surface area contributed by atoms with Crippen LogP contribution in [0.4, 0.5) is 0 Å². The Labute approximate surface area is 126 Å². The minimum atomic E-state index is -3.43. The largest absolute Gasteiger partial charge is 0.250 e. The molecule has 0 saturated carbocycles. The minimum absolute atomic E-state index is 0.151. The number of hydrogen-bond donors (Lipinski definition) is 1. The molecule has 7 heteroatoms. The third kappa shape index (κ3) is 4.49. The number of nitrogens with one attached hydrogen (secondary N) is 1. The highest BCUT2D eigenvalue weighted by Crippen LogP contribution is 2.26. The minimum Gasteiger partial charge on any atom is -0.209 e. The van der Waals surface area contributed by atoms with Crippen molar-refractivity contribution in [2.75, 3.05) is 6.54 Å². The zero-order valence-corrected chi connectivity index (χ0v) is 14.3. The molecule has 0 amide bonds. The number of hydrogen-bond acceptors (Lipinski definition) is 3. The first-order valence-corrected chi connectivity index (χ1v) is 9.39. The van der Waals surface area contributed by atoms with E-state index in [4.69, 9.17) is 11.6 Å². The standard InChI is InChI=1S/C11H17BrClNO2S2/c1-3-8(4-2)9(12)7-14-18(15,16)11-6-5-10(13)17-11/h5-6,8-9,14H,3-4,7H2,1-2H3. The maximum absolute atomic E-state index is 12.0. The zero-order chi connectivity index (χ0) is 13.8. The van der Waals surface area contributed by atoms with E-state index in [0.717, 1.165) is 24.2 Å². The predicted octanol–water partition coefficient (Wildman–Crippen LogP) is 3.88. The first kappa shape index (κ1) is 16.4. The highest BCUT2D eigenvalue weighted by molar-refractivity contribution is 9.09. The molecule has 1 heterocycles. The van der Waals surface area contributed by atoms with Gasteiger partial charge in [-0.3, -0.25) is 0 Å². The average molecular weight is 375 g/mol. The molecule has 1 rings (SSSR count). The summed E-state index contributed by atoms with van der Waals surface area (Å²) in [6.45, 7) is 4.61. The Kier molecular flexibility index (Phi) is 6.61. The molecular formula is C11H17BrClNO2S2. The molecule has 1 N–H and O–H groups in total. The van der Waals surface area contributed by atoms with Gasteiger partial charge in [0.2, 0.25) is 10.0 Å². The molecule has 0 fully saturated rings. The van der Waals surface area contributed by atoms with E-state index in [-0.39, 0.29) is 9.04 Å². The molecule has 0 aliphatic carbocycles. The lowest BCUT2D eigenvalue weighted by Gasteiger charge is -2.19. The van der Waals surface area contributed by atoms with Crippen LogP contribution in [0.15, 0.2) is 16.3 Å². The second kappa shape index (κ2) is 7.24. The summed E-state index contributed by atoms with van der Waals surface area (Å²) in [6.07, 6.45) is 2.05. The molecule has 1 aromatic rings. The molecular weight excluding hydrogens is 358 g/mol. The lowest BCUT2D eigenvalue weighted by molar-refractivity contribution is 0.471. The van der Waals surface area contributed by atoms with Gasteiger partial charge in [0.05, 0.1) is 4.34 Å². The fourth-order valence-corrected chi connectivity index (χ4v) is 5.38. The molecule has 0 radical (unpaired) electrons. The van der Waals surface area contributed by atoms with Crippen LogP contribution < -0.4 is 4.72 Å². The summed E-state index contributed by atoms with van der Waals surface area (Å²) in [7, 11) is -3.43.